The number of rotatable bonds is 6. The molecule has 5 heteroatoms. The fraction of sp³-hybridized carbons (Fsp3) is 0.818. The van der Waals surface area contributed by atoms with E-state index in [1.807, 2.05) is 20.8 Å². The van der Waals surface area contributed by atoms with Crippen molar-refractivity contribution in [3.05, 3.63) is 0 Å². The summed E-state index contributed by atoms with van der Waals surface area (Å²) in [6, 6.07) is 0. The first-order valence-electron chi connectivity index (χ1n) is 5.57. The van der Waals surface area contributed by atoms with E-state index in [0.29, 0.717) is 25.9 Å². The third-order valence-electron chi connectivity index (χ3n) is 1.85. The number of hydrogen-bond donors (Lipinski definition) is 3. The fourth-order valence-corrected chi connectivity index (χ4v) is 1.13. The van der Waals surface area contributed by atoms with Crippen molar-refractivity contribution < 1.29 is 9.59 Å². The third-order valence-corrected chi connectivity index (χ3v) is 1.85. The lowest BCUT2D eigenvalue weighted by atomic mass is 10.1. The summed E-state index contributed by atoms with van der Waals surface area (Å²) in [4.78, 5) is 22.2. The van der Waals surface area contributed by atoms with Crippen LogP contribution < -0.4 is 16.0 Å². The van der Waals surface area contributed by atoms with Crippen LogP contribution in [0.5, 0.6) is 0 Å². The summed E-state index contributed by atoms with van der Waals surface area (Å²) in [6.45, 7) is 7.04. The molecule has 0 aliphatic rings. The van der Waals surface area contributed by atoms with Gasteiger partial charge in [0.1, 0.15) is 0 Å². The first-order valence-corrected chi connectivity index (χ1v) is 5.57. The van der Waals surface area contributed by atoms with Gasteiger partial charge in [-0.3, -0.25) is 9.59 Å². The van der Waals surface area contributed by atoms with E-state index in [-0.39, 0.29) is 17.4 Å². The predicted molar refractivity (Wildman–Crippen MR) is 64.1 cm³/mol. The largest absolute Gasteiger partial charge is 0.359 e. The van der Waals surface area contributed by atoms with Gasteiger partial charge in [-0.25, -0.2) is 0 Å². The van der Waals surface area contributed by atoms with E-state index < -0.39 is 0 Å². The Morgan fingerprint density at radius 2 is 1.50 bits per heavy atom. The molecule has 0 unspecified atom stereocenters. The molecule has 0 aromatic heterocycles. The van der Waals surface area contributed by atoms with E-state index in [9.17, 15) is 9.59 Å². The molecule has 0 aromatic rings. The average molecular weight is 229 g/mol. The van der Waals surface area contributed by atoms with E-state index in [1.54, 1.807) is 7.05 Å². The Labute approximate surface area is 97.4 Å². The van der Waals surface area contributed by atoms with Gasteiger partial charge >= 0.3 is 0 Å². The maximum Gasteiger partial charge on any atom is 0.221 e. The van der Waals surface area contributed by atoms with Crippen molar-refractivity contribution in [1.82, 2.24) is 16.0 Å². The molecule has 5 nitrogen and oxygen atoms in total. The summed E-state index contributed by atoms with van der Waals surface area (Å²) in [6.07, 6.45) is 0.877. The minimum Gasteiger partial charge on any atom is -0.359 e. The number of carbonyl (C=O) groups is 2. The monoisotopic (exact) mass is 229 g/mol. The van der Waals surface area contributed by atoms with Gasteiger partial charge in [-0.05, 0) is 20.8 Å². The van der Waals surface area contributed by atoms with Crippen molar-refractivity contribution in [2.45, 2.75) is 39.2 Å². The normalized spacial score (nSPS) is 11.0. The van der Waals surface area contributed by atoms with Gasteiger partial charge in [-0.2, -0.15) is 0 Å². The van der Waals surface area contributed by atoms with Crippen LogP contribution in [0.2, 0.25) is 0 Å². The molecule has 94 valence electrons. The Morgan fingerprint density at radius 3 is 1.94 bits per heavy atom. The van der Waals surface area contributed by atoms with Gasteiger partial charge in [0.05, 0.1) is 0 Å². The van der Waals surface area contributed by atoms with Crippen molar-refractivity contribution in [1.29, 1.82) is 0 Å². The molecular weight excluding hydrogens is 206 g/mol. The zero-order chi connectivity index (χ0) is 12.6. The SMILES string of the molecule is CNC(=O)CCNCCC(=O)NC(C)(C)C. The standard InChI is InChI=1S/C11H23N3O2/c1-11(2,3)14-10(16)6-8-13-7-5-9(15)12-4/h13H,5-8H2,1-4H3,(H,12,15)(H,14,16). The molecule has 3 N–H and O–H groups in total. The van der Waals surface area contributed by atoms with Crippen LogP contribution in [-0.2, 0) is 9.59 Å². The van der Waals surface area contributed by atoms with Crippen LogP contribution >= 0.6 is 0 Å². The topological polar surface area (TPSA) is 70.2 Å². The summed E-state index contributed by atoms with van der Waals surface area (Å²) in [7, 11) is 1.61. The van der Waals surface area contributed by atoms with Gasteiger partial charge in [0.15, 0.2) is 0 Å². The Balaban J connectivity index is 3.45. The zero-order valence-corrected chi connectivity index (χ0v) is 10.6. The molecule has 2 amide bonds. The first kappa shape index (κ1) is 14.9. The van der Waals surface area contributed by atoms with Crippen molar-refractivity contribution in [3.8, 4) is 0 Å². The van der Waals surface area contributed by atoms with Crippen LogP contribution in [0.4, 0.5) is 0 Å². The van der Waals surface area contributed by atoms with Crippen molar-refractivity contribution in [3.63, 3.8) is 0 Å². The van der Waals surface area contributed by atoms with Gasteiger partial charge in [0, 0.05) is 38.5 Å². The van der Waals surface area contributed by atoms with Crippen molar-refractivity contribution >= 4 is 11.8 Å². The highest BCUT2D eigenvalue weighted by atomic mass is 16.2. The van der Waals surface area contributed by atoms with Crippen LogP contribution in [0.25, 0.3) is 0 Å². The number of carbonyl (C=O) groups excluding carboxylic acids is 2. The van der Waals surface area contributed by atoms with E-state index in [0.717, 1.165) is 0 Å². The molecule has 0 aliphatic heterocycles. The molecule has 0 aliphatic carbocycles. The lowest BCUT2D eigenvalue weighted by molar-refractivity contribution is -0.122. The second-order valence-electron chi connectivity index (χ2n) is 4.72. The molecule has 0 heterocycles. The fourth-order valence-electron chi connectivity index (χ4n) is 1.13. The molecule has 0 aromatic carbocycles. The highest BCUT2D eigenvalue weighted by Crippen LogP contribution is 1.98. The van der Waals surface area contributed by atoms with Gasteiger partial charge < -0.3 is 16.0 Å². The van der Waals surface area contributed by atoms with Crippen LogP contribution in [0.15, 0.2) is 0 Å². The van der Waals surface area contributed by atoms with E-state index in [4.69, 9.17) is 0 Å². The smallest absolute Gasteiger partial charge is 0.221 e. The first-order chi connectivity index (χ1) is 7.35. The summed E-state index contributed by atoms with van der Waals surface area (Å²) < 4.78 is 0. The summed E-state index contributed by atoms with van der Waals surface area (Å²) in [5.41, 5.74) is -0.181. The van der Waals surface area contributed by atoms with E-state index >= 15 is 0 Å². The lowest BCUT2D eigenvalue weighted by Crippen LogP contribution is -2.41. The van der Waals surface area contributed by atoms with Crippen molar-refractivity contribution in [2.24, 2.45) is 0 Å². The third kappa shape index (κ3) is 9.45. The van der Waals surface area contributed by atoms with E-state index in [2.05, 4.69) is 16.0 Å². The molecule has 0 bridgehead atoms. The van der Waals surface area contributed by atoms with Crippen LogP contribution in [0.1, 0.15) is 33.6 Å². The van der Waals surface area contributed by atoms with Gasteiger partial charge in [-0.15, -0.1) is 0 Å². The van der Waals surface area contributed by atoms with E-state index in [1.165, 1.54) is 0 Å². The summed E-state index contributed by atoms with van der Waals surface area (Å²) >= 11 is 0. The second-order valence-corrected chi connectivity index (χ2v) is 4.72. The molecule has 16 heavy (non-hydrogen) atoms. The minimum absolute atomic E-state index is 0.00615. The number of nitrogens with one attached hydrogen (secondary N) is 3. The zero-order valence-electron chi connectivity index (χ0n) is 10.6. The Bertz CT molecular complexity index is 234. The van der Waals surface area contributed by atoms with Gasteiger partial charge in [0.25, 0.3) is 0 Å². The molecule has 0 saturated carbocycles. The van der Waals surface area contributed by atoms with Crippen molar-refractivity contribution in [2.75, 3.05) is 20.1 Å². The Kier molecular flexibility index (Phi) is 6.72. The molecule has 0 rings (SSSR count). The maximum atomic E-state index is 11.4. The lowest BCUT2D eigenvalue weighted by Gasteiger charge is -2.20. The predicted octanol–water partition coefficient (Wildman–Crippen LogP) is 0.0169. The van der Waals surface area contributed by atoms with Crippen LogP contribution in [-0.4, -0.2) is 37.5 Å². The molecule has 0 atom stereocenters. The van der Waals surface area contributed by atoms with Gasteiger partial charge in [-0.1, -0.05) is 0 Å². The molecule has 0 spiro atoms. The molecular formula is C11H23N3O2. The molecule has 0 saturated heterocycles. The Hall–Kier alpha value is -1.10. The minimum atomic E-state index is -0.181. The highest BCUT2D eigenvalue weighted by Gasteiger charge is 2.12. The Morgan fingerprint density at radius 1 is 1.00 bits per heavy atom. The highest BCUT2D eigenvalue weighted by molar-refractivity contribution is 5.77. The number of amides is 2. The maximum absolute atomic E-state index is 11.4. The van der Waals surface area contributed by atoms with Crippen LogP contribution in [0.3, 0.4) is 0 Å². The molecule has 0 radical (unpaired) electrons. The summed E-state index contributed by atoms with van der Waals surface area (Å²) in [5, 5.41) is 8.45. The second kappa shape index (κ2) is 7.22. The summed E-state index contributed by atoms with van der Waals surface area (Å²) in [5.74, 6) is 0.0339. The average Bonchev–Trinajstić information content (AvgIpc) is 2.14. The quantitative estimate of drug-likeness (QED) is 0.562. The van der Waals surface area contributed by atoms with Crippen LogP contribution in [0, 0.1) is 0 Å². The number of hydrogen-bond acceptors (Lipinski definition) is 3. The van der Waals surface area contributed by atoms with Gasteiger partial charge in [0.2, 0.25) is 11.8 Å². The molecule has 0 fully saturated rings.